The third kappa shape index (κ3) is 4.09. The highest BCUT2D eigenvalue weighted by molar-refractivity contribution is 7.80. The minimum absolute atomic E-state index is 0.105. The molecular weight excluding hydrogens is 374 g/mol. The van der Waals surface area contributed by atoms with Gasteiger partial charge in [-0.2, -0.15) is 0 Å². The van der Waals surface area contributed by atoms with Gasteiger partial charge in [0.2, 0.25) is 5.91 Å². The molecule has 0 aliphatic carbocycles. The summed E-state index contributed by atoms with van der Waals surface area (Å²) >= 11 is 5.20. The summed E-state index contributed by atoms with van der Waals surface area (Å²) in [6.07, 6.45) is 3.19. The third-order valence-electron chi connectivity index (χ3n) is 4.44. The lowest BCUT2D eigenvalue weighted by atomic mass is 10.1. The number of para-hydroxylation sites is 1. The fourth-order valence-corrected chi connectivity index (χ4v) is 3.30. The van der Waals surface area contributed by atoms with Crippen molar-refractivity contribution >= 4 is 46.4 Å². The van der Waals surface area contributed by atoms with E-state index >= 15 is 0 Å². The van der Waals surface area contributed by atoms with Crippen LogP contribution in [0.1, 0.15) is 53.3 Å². The predicted molar refractivity (Wildman–Crippen MR) is 113 cm³/mol. The highest BCUT2D eigenvalue weighted by Gasteiger charge is 2.38. The lowest BCUT2D eigenvalue weighted by Gasteiger charge is -2.14. The molecule has 1 aliphatic heterocycles. The van der Waals surface area contributed by atoms with Crippen LogP contribution in [0.4, 0.5) is 11.4 Å². The zero-order chi connectivity index (χ0) is 20.1. The molecule has 0 bridgehead atoms. The number of thiocarbonyl (C=S) groups is 1. The van der Waals surface area contributed by atoms with Crippen LogP contribution >= 0.6 is 12.2 Å². The summed E-state index contributed by atoms with van der Waals surface area (Å²) in [5.74, 6) is -0.984. The van der Waals surface area contributed by atoms with Gasteiger partial charge in [0.25, 0.3) is 11.8 Å². The summed E-state index contributed by atoms with van der Waals surface area (Å²) < 4.78 is 0. The van der Waals surface area contributed by atoms with Gasteiger partial charge in [-0.25, -0.2) is 4.90 Å². The fourth-order valence-electron chi connectivity index (χ4n) is 3.08. The van der Waals surface area contributed by atoms with Crippen LogP contribution in [0.5, 0.6) is 0 Å². The molecule has 2 N–H and O–H groups in total. The number of imide groups is 1. The maximum absolute atomic E-state index is 12.9. The van der Waals surface area contributed by atoms with E-state index in [-0.39, 0.29) is 22.5 Å². The number of benzene rings is 2. The number of amides is 3. The normalized spacial score (nSPS) is 12.7. The molecule has 0 unspecified atom stereocenters. The summed E-state index contributed by atoms with van der Waals surface area (Å²) in [4.78, 5) is 38.8. The number of nitrogens with zero attached hydrogens (tertiary/aromatic N) is 1. The number of carbonyl (C=O) groups is 3. The van der Waals surface area contributed by atoms with E-state index < -0.39 is 5.91 Å². The molecule has 2 aromatic rings. The standard InChI is InChI=1S/C21H21N3O3S/c1-2-3-5-13-17(25)23-21(28)22-16-12-8-11-15-18(16)20(27)24(19(15)26)14-9-6-4-7-10-14/h4,6-12H,2-3,5,13H2,1H3,(H2,22,23,25,28). The maximum atomic E-state index is 12.9. The second-order valence-electron chi connectivity index (χ2n) is 6.47. The lowest BCUT2D eigenvalue weighted by molar-refractivity contribution is -0.119. The SMILES string of the molecule is CCCCCC(=O)NC(=S)Nc1cccc2c1C(=O)N(c1ccccc1)C2=O. The van der Waals surface area contributed by atoms with Gasteiger partial charge in [-0.05, 0) is 42.9 Å². The number of anilines is 2. The Kier molecular flexibility index (Phi) is 6.16. The molecule has 3 amide bonds. The summed E-state index contributed by atoms with van der Waals surface area (Å²) in [6, 6.07) is 13.7. The van der Waals surface area contributed by atoms with Crippen LogP contribution in [-0.2, 0) is 4.79 Å². The van der Waals surface area contributed by atoms with Crippen LogP contribution in [0.2, 0.25) is 0 Å². The zero-order valence-electron chi connectivity index (χ0n) is 15.5. The van der Waals surface area contributed by atoms with E-state index in [1.807, 2.05) is 6.07 Å². The number of carbonyl (C=O) groups excluding carboxylic acids is 3. The largest absolute Gasteiger partial charge is 0.332 e. The zero-order valence-corrected chi connectivity index (χ0v) is 16.3. The van der Waals surface area contributed by atoms with E-state index in [1.54, 1.807) is 42.5 Å². The molecule has 1 aliphatic rings. The second kappa shape index (κ2) is 8.75. The van der Waals surface area contributed by atoms with Gasteiger partial charge in [-0.1, -0.05) is 44.0 Å². The van der Waals surface area contributed by atoms with Gasteiger partial charge in [-0.15, -0.1) is 0 Å². The van der Waals surface area contributed by atoms with Crippen molar-refractivity contribution in [3.8, 4) is 0 Å². The van der Waals surface area contributed by atoms with Crippen molar-refractivity contribution in [1.82, 2.24) is 5.32 Å². The number of fused-ring (bicyclic) bond motifs is 1. The first-order valence-electron chi connectivity index (χ1n) is 9.20. The first kappa shape index (κ1) is 19.7. The van der Waals surface area contributed by atoms with Crippen molar-refractivity contribution in [1.29, 1.82) is 0 Å². The minimum atomic E-state index is -0.425. The molecule has 0 atom stereocenters. The van der Waals surface area contributed by atoms with Gasteiger partial charge >= 0.3 is 0 Å². The summed E-state index contributed by atoms with van der Waals surface area (Å²) in [5.41, 5.74) is 1.45. The van der Waals surface area contributed by atoms with E-state index in [0.717, 1.165) is 24.2 Å². The van der Waals surface area contributed by atoms with Crippen LogP contribution < -0.4 is 15.5 Å². The summed E-state index contributed by atoms with van der Waals surface area (Å²) in [7, 11) is 0. The lowest BCUT2D eigenvalue weighted by Crippen LogP contribution is -2.34. The molecule has 144 valence electrons. The molecule has 1 heterocycles. The summed E-state index contributed by atoms with van der Waals surface area (Å²) in [6.45, 7) is 2.07. The van der Waals surface area contributed by atoms with E-state index in [4.69, 9.17) is 12.2 Å². The minimum Gasteiger partial charge on any atom is -0.332 e. The Bertz CT molecular complexity index is 928. The number of hydrogen-bond acceptors (Lipinski definition) is 4. The first-order chi connectivity index (χ1) is 13.5. The smallest absolute Gasteiger partial charge is 0.268 e. The Morgan fingerprint density at radius 2 is 1.75 bits per heavy atom. The monoisotopic (exact) mass is 395 g/mol. The highest BCUT2D eigenvalue weighted by Crippen LogP contribution is 2.32. The Hall–Kier alpha value is -3.06. The predicted octanol–water partition coefficient (Wildman–Crippen LogP) is 3.88. The molecule has 3 rings (SSSR count). The molecule has 6 nitrogen and oxygen atoms in total. The molecule has 0 saturated heterocycles. The third-order valence-corrected chi connectivity index (χ3v) is 4.64. The van der Waals surface area contributed by atoms with Crippen LogP contribution in [-0.4, -0.2) is 22.8 Å². The molecule has 0 radical (unpaired) electrons. The van der Waals surface area contributed by atoms with Crippen LogP contribution in [0.25, 0.3) is 0 Å². The van der Waals surface area contributed by atoms with Crippen molar-refractivity contribution in [2.75, 3.05) is 10.2 Å². The van der Waals surface area contributed by atoms with E-state index in [9.17, 15) is 14.4 Å². The van der Waals surface area contributed by atoms with Crippen LogP contribution in [0.3, 0.4) is 0 Å². The molecule has 2 aromatic carbocycles. The van der Waals surface area contributed by atoms with Crippen molar-refractivity contribution in [2.24, 2.45) is 0 Å². The van der Waals surface area contributed by atoms with Gasteiger partial charge in [0, 0.05) is 6.42 Å². The Labute approximate surface area is 168 Å². The quantitative estimate of drug-likeness (QED) is 0.441. The average molecular weight is 395 g/mol. The van der Waals surface area contributed by atoms with Crippen molar-refractivity contribution in [3.63, 3.8) is 0 Å². The fraction of sp³-hybridized carbons (Fsp3) is 0.238. The van der Waals surface area contributed by atoms with E-state index in [2.05, 4.69) is 17.6 Å². The highest BCUT2D eigenvalue weighted by atomic mass is 32.1. The van der Waals surface area contributed by atoms with Gasteiger partial charge in [-0.3, -0.25) is 14.4 Å². The van der Waals surface area contributed by atoms with Crippen LogP contribution in [0.15, 0.2) is 48.5 Å². The topological polar surface area (TPSA) is 78.5 Å². The number of unbranched alkanes of at least 4 members (excludes halogenated alkanes) is 2. The Morgan fingerprint density at radius 3 is 2.46 bits per heavy atom. The van der Waals surface area contributed by atoms with Gasteiger partial charge in [0.05, 0.1) is 22.5 Å². The van der Waals surface area contributed by atoms with Gasteiger partial charge in [0.1, 0.15) is 0 Å². The van der Waals surface area contributed by atoms with E-state index in [1.165, 1.54) is 0 Å². The number of hydrogen-bond donors (Lipinski definition) is 2. The van der Waals surface area contributed by atoms with Gasteiger partial charge in [0.15, 0.2) is 5.11 Å². The van der Waals surface area contributed by atoms with Crippen molar-refractivity contribution < 1.29 is 14.4 Å². The molecule has 7 heteroatoms. The number of nitrogens with one attached hydrogen (secondary N) is 2. The maximum Gasteiger partial charge on any atom is 0.268 e. The second-order valence-corrected chi connectivity index (χ2v) is 6.88. The van der Waals surface area contributed by atoms with Gasteiger partial charge < -0.3 is 10.6 Å². The average Bonchev–Trinajstić information content (AvgIpc) is 2.94. The first-order valence-corrected chi connectivity index (χ1v) is 9.61. The number of rotatable bonds is 6. The molecule has 28 heavy (non-hydrogen) atoms. The van der Waals surface area contributed by atoms with Crippen molar-refractivity contribution in [2.45, 2.75) is 32.6 Å². The Balaban J connectivity index is 1.77. The molecule has 0 saturated carbocycles. The van der Waals surface area contributed by atoms with Crippen LogP contribution in [0, 0.1) is 0 Å². The Morgan fingerprint density at radius 1 is 1.00 bits per heavy atom. The molecule has 0 spiro atoms. The molecular formula is C21H21N3O3S. The summed E-state index contributed by atoms with van der Waals surface area (Å²) in [5, 5.41) is 5.61. The molecule has 0 fully saturated rings. The van der Waals surface area contributed by atoms with Crippen molar-refractivity contribution in [3.05, 3.63) is 59.7 Å². The molecule has 0 aromatic heterocycles. The van der Waals surface area contributed by atoms with E-state index in [0.29, 0.717) is 23.4 Å².